The zero-order valence-electron chi connectivity index (χ0n) is 15.7. The van der Waals surface area contributed by atoms with E-state index in [1.54, 1.807) is 31.5 Å². The van der Waals surface area contributed by atoms with Crippen LogP contribution in [0.5, 0.6) is 5.75 Å². The molecule has 0 atom stereocenters. The molecular formula is C22H20ClN3O2. The Morgan fingerprint density at radius 1 is 1.21 bits per heavy atom. The molecule has 0 saturated carbocycles. The predicted octanol–water partition coefficient (Wildman–Crippen LogP) is 5.00. The maximum atomic E-state index is 13.1. The summed E-state index contributed by atoms with van der Waals surface area (Å²) in [5.74, 6) is 1.15. The van der Waals surface area contributed by atoms with Crippen LogP contribution in [0.15, 0.2) is 54.7 Å². The quantitative estimate of drug-likeness (QED) is 0.677. The van der Waals surface area contributed by atoms with Gasteiger partial charge in [-0.3, -0.25) is 4.79 Å². The van der Waals surface area contributed by atoms with Crippen LogP contribution in [0.25, 0.3) is 0 Å². The lowest BCUT2D eigenvalue weighted by Crippen LogP contribution is -2.28. The van der Waals surface area contributed by atoms with Gasteiger partial charge < -0.3 is 15.0 Å². The standard InChI is InChI=1S/C22H20ClN3O2/c1-14-11-18(20(28-2)13-17(14)23)25-21-12-16(7-9-24-21)22(27)26-10-8-15-5-3-4-6-19(15)26/h3-7,9,11-13H,8,10H2,1-2H3,(H,24,25). The lowest BCUT2D eigenvalue weighted by atomic mass is 10.1. The Balaban J connectivity index is 1.61. The molecule has 6 heteroatoms. The third kappa shape index (κ3) is 3.41. The van der Waals surface area contributed by atoms with Gasteiger partial charge in [0, 0.05) is 35.1 Å². The van der Waals surface area contributed by atoms with Gasteiger partial charge in [0.2, 0.25) is 0 Å². The molecule has 2 heterocycles. The second-order valence-corrected chi connectivity index (χ2v) is 7.10. The second kappa shape index (κ2) is 7.52. The molecule has 28 heavy (non-hydrogen) atoms. The fourth-order valence-corrected chi connectivity index (χ4v) is 3.56. The van der Waals surface area contributed by atoms with E-state index in [9.17, 15) is 4.79 Å². The van der Waals surface area contributed by atoms with Crippen molar-refractivity contribution < 1.29 is 9.53 Å². The van der Waals surface area contributed by atoms with Gasteiger partial charge in [-0.25, -0.2) is 4.98 Å². The Labute approximate surface area is 168 Å². The van der Waals surface area contributed by atoms with E-state index >= 15 is 0 Å². The van der Waals surface area contributed by atoms with Gasteiger partial charge in [-0.15, -0.1) is 0 Å². The summed E-state index contributed by atoms with van der Waals surface area (Å²) in [7, 11) is 1.59. The van der Waals surface area contributed by atoms with Crippen LogP contribution >= 0.6 is 11.6 Å². The molecule has 1 aliphatic rings. The van der Waals surface area contributed by atoms with Crippen LogP contribution in [0.3, 0.4) is 0 Å². The summed E-state index contributed by atoms with van der Waals surface area (Å²) >= 11 is 6.17. The van der Waals surface area contributed by atoms with E-state index in [1.807, 2.05) is 36.1 Å². The molecule has 3 aromatic rings. The summed E-state index contributed by atoms with van der Waals surface area (Å²) in [6.07, 6.45) is 2.51. The highest BCUT2D eigenvalue weighted by Gasteiger charge is 2.25. The Kier molecular flexibility index (Phi) is 4.92. The van der Waals surface area contributed by atoms with Gasteiger partial charge in [0.25, 0.3) is 5.91 Å². The molecule has 0 unspecified atom stereocenters. The largest absolute Gasteiger partial charge is 0.495 e. The first-order valence-electron chi connectivity index (χ1n) is 9.04. The number of para-hydroxylation sites is 1. The number of ether oxygens (including phenoxy) is 1. The Morgan fingerprint density at radius 2 is 2.04 bits per heavy atom. The van der Waals surface area contributed by atoms with E-state index in [0.717, 1.165) is 23.4 Å². The van der Waals surface area contributed by atoms with Crippen molar-refractivity contribution in [1.29, 1.82) is 0 Å². The van der Waals surface area contributed by atoms with Crippen LogP contribution in [-0.4, -0.2) is 24.5 Å². The van der Waals surface area contributed by atoms with Crippen molar-refractivity contribution in [1.82, 2.24) is 4.98 Å². The minimum Gasteiger partial charge on any atom is -0.495 e. The molecule has 0 bridgehead atoms. The van der Waals surface area contributed by atoms with E-state index < -0.39 is 0 Å². The number of rotatable bonds is 4. The second-order valence-electron chi connectivity index (χ2n) is 6.69. The van der Waals surface area contributed by atoms with Crippen LogP contribution in [-0.2, 0) is 6.42 Å². The third-order valence-electron chi connectivity index (χ3n) is 4.88. The predicted molar refractivity (Wildman–Crippen MR) is 112 cm³/mol. The average molecular weight is 394 g/mol. The molecule has 0 radical (unpaired) electrons. The van der Waals surface area contributed by atoms with Crippen molar-refractivity contribution in [3.05, 3.63) is 76.4 Å². The van der Waals surface area contributed by atoms with E-state index in [-0.39, 0.29) is 5.91 Å². The van der Waals surface area contributed by atoms with Crippen molar-refractivity contribution in [3.63, 3.8) is 0 Å². The first kappa shape index (κ1) is 18.3. The van der Waals surface area contributed by atoms with Crippen molar-refractivity contribution in [2.45, 2.75) is 13.3 Å². The highest BCUT2D eigenvalue weighted by atomic mass is 35.5. The average Bonchev–Trinajstić information content (AvgIpc) is 3.14. The van der Waals surface area contributed by atoms with Gasteiger partial charge >= 0.3 is 0 Å². The number of fused-ring (bicyclic) bond motifs is 1. The van der Waals surface area contributed by atoms with Crippen LogP contribution in [0, 0.1) is 6.92 Å². The number of hydrogen-bond acceptors (Lipinski definition) is 4. The monoisotopic (exact) mass is 393 g/mol. The first-order valence-corrected chi connectivity index (χ1v) is 9.41. The van der Waals surface area contributed by atoms with E-state index in [1.165, 1.54) is 5.56 Å². The van der Waals surface area contributed by atoms with E-state index in [2.05, 4.69) is 16.4 Å². The SMILES string of the molecule is COc1cc(Cl)c(C)cc1Nc1cc(C(=O)N2CCc3ccccc32)ccn1. The molecule has 0 aliphatic carbocycles. The lowest BCUT2D eigenvalue weighted by molar-refractivity contribution is 0.0989. The first-order chi connectivity index (χ1) is 13.6. The van der Waals surface area contributed by atoms with Gasteiger partial charge in [0.1, 0.15) is 11.6 Å². The number of amides is 1. The Bertz CT molecular complexity index is 1050. The van der Waals surface area contributed by atoms with Gasteiger partial charge in [-0.05, 0) is 48.7 Å². The smallest absolute Gasteiger partial charge is 0.258 e. The summed E-state index contributed by atoms with van der Waals surface area (Å²) < 4.78 is 5.40. The molecule has 5 nitrogen and oxygen atoms in total. The number of carbonyl (C=O) groups is 1. The fraction of sp³-hybridized carbons (Fsp3) is 0.182. The normalized spacial score (nSPS) is 12.6. The van der Waals surface area contributed by atoms with Crippen molar-refractivity contribution in [3.8, 4) is 5.75 Å². The molecule has 0 spiro atoms. The van der Waals surface area contributed by atoms with Crippen molar-refractivity contribution in [2.75, 3.05) is 23.9 Å². The number of nitrogens with one attached hydrogen (secondary N) is 1. The summed E-state index contributed by atoms with van der Waals surface area (Å²) in [5, 5.41) is 3.86. The zero-order valence-corrected chi connectivity index (χ0v) is 16.5. The minimum absolute atomic E-state index is 0.0327. The topological polar surface area (TPSA) is 54.5 Å². The number of nitrogens with zero attached hydrogens (tertiary/aromatic N) is 2. The van der Waals surface area contributed by atoms with Gasteiger partial charge in [0.15, 0.2) is 0 Å². The molecule has 1 amide bonds. The molecule has 0 fully saturated rings. The number of benzene rings is 2. The lowest BCUT2D eigenvalue weighted by Gasteiger charge is -2.18. The Morgan fingerprint density at radius 3 is 2.86 bits per heavy atom. The number of halogens is 1. The third-order valence-corrected chi connectivity index (χ3v) is 5.29. The molecular weight excluding hydrogens is 374 g/mol. The zero-order chi connectivity index (χ0) is 19.7. The fourth-order valence-electron chi connectivity index (χ4n) is 3.40. The molecule has 1 N–H and O–H groups in total. The molecule has 1 aliphatic heterocycles. The summed E-state index contributed by atoms with van der Waals surface area (Å²) in [6, 6.07) is 15.2. The van der Waals surface area contributed by atoms with Gasteiger partial charge in [-0.2, -0.15) is 0 Å². The van der Waals surface area contributed by atoms with Crippen LogP contribution < -0.4 is 15.0 Å². The number of carbonyl (C=O) groups excluding carboxylic acids is 1. The molecule has 0 saturated heterocycles. The van der Waals surface area contributed by atoms with E-state index in [0.29, 0.717) is 28.7 Å². The maximum absolute atomic E-state index is 13.1. The number of methoxy groups -OCH3 is 1. The number of aryl methyl sites for hydroxylation is 1. The van der Waals surface area contributed by atoms with Crippen LogP contribution in [0.4, 0.5) is 17.2 Å². The number of aromatic nitrogens is 1. The molecule has 2 aromatic carbocycles. The molecule has 4 rings (SSSR count). The Hall–Kier alpha value is -3.05. The van der Waals surface area contributed by atoms with Gasteiger partial charge in [-0.1, -0.05) is 29.8 Å². The summed E-state index contributed by atoms with van der Waals surface area (Å²) in [4.78, 5) is 19.2. The van der Waals surface area contributed by atoms with Crippen molar-refractivity contribution in [2.24, 2.45) is 0 Å². The number of hydrogen-bond donors (Lipinski definition) is 1. The van der Waals surface area contributed by atoms with Crippen LogP contribution in [0.1, 0.15) is 21.5 Å². The number of pyridine rings is 1. The summed E-state index contributed by atoms with van der Waals surface area (Å²) in [5.41, 5.74) is 4.43. The van der Waals surface area contributed by atoms with Crippen LogP contribution in [0.2, 0.25) is 5.02 Å². The number of anilines is 3. The maximum Gasteiger partial charge on any atom is 0.258 e. The van der Waals surface area contributed by atoms with E-state index in [4.69, 9.17) is 16.3 Å². The minimum atomic E-state index is -0.0327. The molecule has 142 valence electrons. The summed E-state index contributed by atoms with van der Waals surface area (Å²) in [6.45, 7) is 2.61. The van der Waals surface area contributed by atoms with Gasteiger partial charge in [0.05, 0.1) is 12.8 Å². The van der Waals surface area contributed by atoms with Crippen molar-refractivity contribution >= 4 is 34.7 Å². The molecule has 1 aromatic heterocycles. The highest BCUT2D eigenvalue weighted by Crippen LogP contribution is 2.33. The highest BCUT2D eigenvalue weighted by molar-refractivity contribution is 6.31.